The van der Waals surface area contributed by atoms with Gasteiger partial charge in [0.2, 0.25) is 0 Å². The van der Waals surface area contributed by atoms with Crippen molar-refractivity contribution in [1.29, 1.82) is 0 Å². The maximum absolute atomic E-state index is 12.7. The fraction of sp³-hybridized carbons (Fsp3) is 0.318. The number of rotatable bonds is 7. The molecule has 4 heteroatoms. The predicted molar refractivity (Wildman–Crippen MR) is 102 cm³/mol. The highest BCUT2D eigenvalue weighted by Gasteiger charge is 2.22. The van der Waals surface area contributed by atoms with E-state index in [1.807, 2.05) is 49.4 Å². The number of ether oxygens (including phenoxy) is 3. The van der Waals surface area contributed by atoms with Gasteiger partial charge in [0.25, 0.3) is 0 Å². The molecule has 0 unspecified atom stereocenters. The molecule has 1 aliphatic heterocycles. The van der Waals surface area contributed by atoms with Gasteiger partial charge < -0.3 is 14.2 Å². The van der Waals surface area contributed by atoms with Crippen LogP contribution >= 0.6 is 0 Å². The van der Waals surface area contributed by atoms with Gasteiger partial charge >= 0.3 is 0 Å². The molecule has 4 nitrogen and oxygen atoms in total. The molecule has 0 amide bonds. The second kappa shape index (κ2) is 8.56. The summed E-state index contributed by atoms with van der Waals surface area (Å²) in [6.07, 6.45) is 3.94. The van der Waals surface area contributed by atoms with Crippen LogP contribution in [-0.2, 0) is 0 Å². The molecule has 2 aromatic carbocycles. The molecule has 1 aliphatic rings. The van der Waals surface area contributed by atoms with Crippen LogP contribution in [0.15, 0.2) is 48.0 Å². The Morgan fingerprint density at radius 1 is 1.08 bits per heavy atom. The van der Waals surface area contributed by atoms with Crippen molar-refractivity contribution in [2.75, 3.05) is 19.8 Å². The average Bonchev–Trinajstić information content (AvgIpc) is 2.66. The van der Waals surface area contributed by atoms with Crippen LogP contribution in [0.4, 0.5) is 0 Å². The van der Waals surface area contributed by atoms with E-state index in [9.17, 15) is 4.79 Å². The fourth-order valence-electron chi connectivity index (χ4n) is 2.81. The summed E-state index contributed by atoms with van der Waals surface area (Å²) < 4.78 is 17.2. The molecule has 136 valence electrons. The summed E-state index contributed by atoms with van der Waals surface area (Å²) in [5.74, 6) is 2.08. The third-order valence-corrected chi connectivity index (χ3v) is 4.17. The van der Waals surface area contributed by atoms with Crippen LogP contribution in [0.1, 0.15) is 42.6 Å². The summed E-state index contributed by atoms with van der Waals surface area (Å²) in [6.45, 7) is 5.56. The number of unbranched alkanes of at least 4 members (excludes halogenated alkanes) is 1. The maximum Gasteiger partial charge on any atom is 0.196 e. The van der Waals surface area contributed by atoms with Gasteiger partial charge in [-0.05, 0) is 49.2 Å². The molecular weight excluding hydrogens is 328 g/mol. The van der Waals surface area contributed by atoms with E-state index >= 15 is 0 Å². The van der Waals surface area contributed by atoms with Crippen molar-refractivity contribution in [1.82, 2.24) is 0 Å². The van der Waals surface area contributed by atoms with Crippen LogP contribution in [0.25, 0.3) is 6.08 Å². The first-order valence-electron chi connectivity index (χ1n) is 9.09. The summed E-state index contributed by atoms with van der Waals surface area (Å²) in [5, 5.41) is 0. The number of Topliss-reactive ketones (excluding diaryl/α,β-unsaturated/α-hetero) is 1. The molecule has 0 spiro atoms. The first-order chi connectivity index (χ1) is 12.7. The summed E-state index contributed by atoms with van der Waals surface area (Å²) >= 11 is 0. The minimum Gasteiger partial charge on any atom is -0.490 e. The average molecular weight is 352 g/mol. The lowest BCUT2D eigenvalue weighted by Gasteiger charge is -2.18. The SMILES string of the molecule is CCCCOc1ccc(C=C2COc3ccccc3C2=O)cc1OCC. The van der Waals surface area contributed by atoms with E-state index in [0.29, 0.717) is 35.8 Å². The standard InChI is InChI=1S/C22H24O4/c1-3-5-12-25-20-11-10-16(14-21(20)24-4-2)13-17-15-26-19-9-7-6-8-18(19)22(17)23/h6-11,13-14H,3-5,12,15H2,1-2H3. The minimum absolute atomic E-state index is 0.00748. The molecule has 0 N–H and O–H groups in total. The quantitative estimate of drug-likeness (QED) is 0.524. The van der Waals surface area contributed by atoms with E-state index in [2.05, 4.69) is 6.92 Å². The molecule has 0 saturated heterocycles. The zero-order valence-electron chi connectivity index (χ0n) is 15.3. The smallest absolute Gasteiger partial charge is 0.196 e. The summed E-state index contributed by atoms with van der Waals surface area (Å²) in [7, 11) is 0. The maximum atomic E-state index is 12.7. The lowest BCUT2D eigenvalue weighted by atomic mass is 9.98. The third kappa shape index (κ3) is 4.07. The number of benzene rings is 2. The van der Waals surface area contributed by atoms with Crippen LogP contribution in [0.3, 0.4) is 0 Å². The molecule has 0 radical (unpaired) electrons. The predicted octanol–water partition coefficient (Wildman–Crippen LogP) is 4.92. The van der Waals surface area contributed by atoms with Gasteiger partial charge in [-0.2, -0.15) is 0 Å². The second-order valence-electron chi connectivity index (χ2n) is 6.12. The van der Waals surface area contributed by atoms with Crippen molar-refractivity contribution in [2.24, 2.45) is 0 Å². The number of fused-ring (bicyclic) bond motifs is 1. The van der Waals surface area contributed by atoms with Gasteiger partial charge in [-0.15, -0.1) is 0 Å². The van der Waals surface area contributed by atoms with Gasteiger partial charge in [-0.3, -0.25) is 4.79 Å². The van der Waals surface area contributed by atoms with Crippen molar-refractivity contribution >= 4 is 11.9 Å². The van der Waals surface area contributed by atoms with Crippen LogP contribution in [0, 0.1) is 0 Å². The number of ketones is 1. The highest BCUT2D eigenvalue weighted by atomic mass is 16.5. The van der Waals surface area contributed by atoms with Crippen LogP contribution < -0.4 is 14.2 Å². The van der Waals surface area contributed by atoms with Gasteiger partial charge in [-0.1, -0.05) is 31.5 Å². The van der Waals surface area contributed by atoms with Crippen molar-refractivity contribution < 1.29 is 19.0 Å². The molecular formula is C22H24O4. The van der Waals surface area contributed by atoms with E-state index in [0.717, 1.165) is 24.2 Å². The monoisotopic (exact) mass is 352 g/mol. The Balaban J connectivity index is 1.84. The number of carbonyl (C=O) groups excluding carboxylic acids is 1. The Labute approximate surface area is 154 Å². The summed E-state index contributed by atoms with van der Waals surface area (Å²) in [6, 6.07) is 13.1. The van der Waals surface area contributed by atoms with Crippen molar-refractivity contribution in [3.63, 3.8) is 0 Å². The molecule has 26 heavy (non-hydrogen) atoms. The van der Waals surface area contributed by atoms with Crippen molar-refractivity contribution in [3.05, 3.63) is 59.2 Å². The molecule has 0 aromatic heterocycles. The summed E-state index contributed by atoms with van der Waals surface area (Å²) in [4.78, 5) is 12.7. The fourth-order valence-corrected chi connectivity index (χ4v) is 2.81. The Morgan fingerprint density at radius 2 is 1.92 bits per heavy atom. The molecule has 0 bridgehead atoms. The van der Waals surface area contributed by atoms with Gasteiger partial charge in [-0.25, -0.2) is 0 Å². The normalized spacial score (nSPS) is 14.7. The Kier molecular flexibility index (Phi) is 5.95. The first kappa shape index (κ1) is 18.1. The van der Waals surface area contributed by atoms with Gasteiger partial charge in [0.15, 0.2) is 17.3 Å². The molecule has 1 heterocycles. The van der Waals surface area contributed by atoms with Crippen LogP contribution in [0.5, 0.6) is 17.2 Å². The minimum atomic E-state index is 0.00748. The highest BCUT2D eigenvalue weighted by molar-refractivity contribution is 6.14. The lowest BCUT2D eigenvalue weighted by molar-refractivity contribution is 0.100. The molecule has 3 rings (SSSR count). The largest absolute Gasteiger partial charge is 0.490 e. The molecule has 0 atom stereocenters. The molecule has 0 aliphatic carbocycles. The van der Waals surface area contributed by atoms with Crippen LogP contribution in [-0.4, -0.2) is 25.6 Å². The highest BCUT2D eigenvalue weighted by Crippen LogP contribution is 2.31. The number of hydrogen-bond acceptors (Lipinski definition) is 4. The third-order valence-electron chi connectivity index (χ3n) is 4.17. The Hall–Kier alpha value is -2.75. The van der Waals surface area contributed by atoms with E-state index < -0.39 is 0 Å². The molecule has 0 saturated carbocycles. The molecule has 0 fully saturated rings. The van der Waals surface area contributed by atoms with Gasteiger partial charge in [0.1, 0.15) is 12.4 Å². The van der Waals surface area contributed by atoms with Crippen molar-refractivity contribution in [2.45, 2.75) is 26.7 Å². The van der Waals surface area contributed by atoms with Gasteiger partial charge in [0.05, 0.1) is 18.8 Å². The summed E-state index contributed by atoms with van der Waals surface area (Å²) in [5.41, 5.74) is 2.13. The molecule has 2 aromatic rings. The van der Waals surface area contributed by atoms with E-state index in [1.165, 1.54) is 0 Å². The van der Waals surface area contributed by atoms with E-state index in [4.69, 9.17) is 14.2 Å². The number of hydrogen-bond donors (Lipinski definition) is 0. The number of para-hydroxylation sites is 1. The van der Waals surface area contributed by atoms with E-state index in [1.54, 1.807) is 6.07 Å². The zero-order chi connectivity index (χ0) is 18.4. The Morgan fingerprint density at radius 3 is 2.73 bits per heavy atom. The zero-order valence-corrected chi connectivity index (χ0v) is 15.3. The van der Waals surface area contributed by atoms with Gasteiger partial charge in [0, 0.05) is 5.57 Å². The number of carbonyl (C=O) groups is 1. The second-order valence-corrected chi connectivity index (χ2v) is 6.12. The first-order valence-corrected chi connectivity index (χ1v) is 9.09. The van der Waals surface area contributed by atoms with Crippen LogP contribution in [0.2, 0.25) is 0 Å². The topological polar surface area (TPSA) is 44.8 Å². The Bertz CT molecular complexity index is 808. The van der Waals surface area contributed by atoms with E-state index in [-0.39, 0.29) is 12.4 Å². The lowest BCUT2D eigenvalue weighted by Crippen LogP contribution is -2.18. The van der Waals surface area contributed by atoms with Crippen molar-refractivity contribution in [3.8, 4) is 17.2 Å².